The molecule has 0 spiro atoms. The lowest BCUT2D eigenvalue weighted by molar-refractivity contribution is 0.219. The number of hydrogen-bond acceptors (Lipinski definition) is 5. The molecule has 1 heterocycles. The van der Waals surface area contributed by atoms with E-state index in [1.165, 1.54) is 0 Å². The molecule has 0 aromatic carbocycles. The van der Waals surface area contributed by atoms with E-state index in [1.54, 1.807) is 0 Å². The standard InChI is InChI=1S/C11H17FN4O/c1-2-13-10-14-5-8(12)9(16-10)15-6-11(7-17)3-4-11/h5,17H,2-4,6-7H2,1H3,(H2,13,14,15,16). The smallest absolute Gasteiger partial charge is 0.224 e. The maximum atomic E-state index is 13.4. The highest BCUT2D eigenvalue weighted by Gasteiger charge is 2.41. The largest absolute Gasteiger partial charge is 0.396 e. The minimum absolute atomic E-state index is 0.0737. The zero-order valence-corrected chi connectivity index (χ0v) is 9.83. The van der Waals surface area contributed by atoms with Crippen molar-refractivity contribution in [2.75, 3.05) is 30.3 Å². The molecule has 1 saturated carbocycles. The van der Waals surface area contributed by atoms with E-state index in [2.05, 4.69) is 20.6 Å². The highest BCUT2D eigenvalue weighted by Crippen LogP contribution is 2.44. The van der Waals surface area contributed by atoms with E-state index in [0.717, 1.165) is 19.0 Å². The Morgan fingerprint density at radius 3 is 2.82 bits per heavy atom. The van der Waals surface area contributed by atoms with Gasteiger partial charge in [0.15, 0.2) is 11.6 Å². The van der Waals surface area contributed by atoms with Crippen LogP contribution in [0.1, 0.15) is 19.8 Å². The SMILES string of the molecule is CCNc1ncc(F)c(NCC2(CO)CC2)n1. The molecule has 0 atom stereocenters. The van der Waals surface area contributed by atoms with Crippen LogP contribution in [0.25, 0.3) is 0 Å². The second-order valence-electron chi connectivity index (χ2n) is 4.43. The summed E-state index contributed by atoms with van der Waals surface area (Å²) in [5.41, 5.74) is -0.0737. The number of aliphatic hydroxyl groups is 1. The van der Waals surface area contributed by atoms with Crippen LogP contribution >= 0.6 is 0 Å². The summed E-state index contributed by atoms with van der Waals surface area (Å²) < 4.78 is 13.4. The fraction of sp³-hybridized carbons (Fsp3) is 0.636. The molecule has 1 aromatic heterocycles. The van der Waals surface area contributed by atoms with E-state index in [9.17, 15) is 4.39 Å². The predicted octanol–water partition coefficient (Wildman–Crippen LogP) is 1.23. The lowest BCUT2D eigenvalue weighted by atomic mass is 10.1. The molecule has 17 heavy (non-hydrogen) atoms. The van der Waals surface area contributed by atoms with Gasteiger partial charge in [-0.25, -0.2) is 9.37 Å². The number of halogens is 1. The molecular formula is C11H17FN4O. The molecule has 2 rings (SSSR count). The Morgan fingerprint density at radius 2 is 2.24 bits per heavy atom. The van der Waals surface area contributed by atoms with Crippen LogP contribution in [0.3, 0.4) is 0 Å². The maximum Gasteiger partial charge on any atom is 0.224 e. The molecule has 1 fully saturated rings. The monoisotopic (exact) mass is 240 g/mol. The maximum absolute atomic E-state index is 13.4. The molecule has 0 radical (unpaired) electrons. The van der Waals surface area contributed by atoms with Crippen LogP contribution in [0.15, 0.2) is 6.20 Å². The molecule has 3 N–H and O–H groups in total. The van der Waals surface area contributed by atoms with E-state index >= 15 is 0 Å². The Labute approximate surface area is 99.5 Å². The molecule has 1 aromatic rings. The van der Waals surface area contributed by atoms with Gasteiger partial charge in [-0.3, -0.25) is 0 Å². The molecule has 6 heteroatoms. The topological polar surface area (TPSA) is 70.1 Å². The van der Waals surface area contributed by atoms with Crippen molar-refractivity contribution in [1.29, 1.82) is 0 Å². The molecule has 1 aliphatic carbocycles. The molecule has 5 nitrogen and oxygen atoms in total. The molecule has 0 saturated heterocycles. The van der Waals surface area contributed by atoms with Gasteiger partial charge >= 0.3 is 0 Å². The van der Waals surface area contributed by atoms with Gasteiger partial charge in [-0.2, -0.15) is 4.98 Å². The van der Waals surface area contributed by atoms with Gasteiger partial charge in [-0.1, -0.05) is 0 Å². The molecule has 1 aliphatic rings. The van der Waals surface area contributed by atoms with E-state index in [-0.39, 0.29) is 17.8 Å². The first-order chi connectivity index (χ1) is 8.19. The Bertz CT molecular complexity index is 395. The van der Waals surface area contributed by atoms with Crippen LogP contribution in [0.4, 0.5) is 16.2 Å². The normalized spacial score (nSPS) is 16.6. The quantitative estimate of drug-likeness (QED) is 0.697. The summed E-state index contributed by atoms with van der Waals surface area (Å²) in [5, 5.41) is 15.0. The van der Waals surface area contributed by atoms with E-state index in [0.29, 0.717) is 19.0 Å². The number of aliphatic hydroxyl groups excluding tert-OH is 1. The highest BCUT2D eigenvalue weighted by atomic mass is 19.1. The van der Waals surface area contributed by atoms with Crippen LogP contribution in [-0.2, 0) is 0 Å². The third-order valence-electron chi connectivity index (χ3n) is 3.00. The van der Waals surface area contributed by atoms with E-state index in [4.69, 9.17) is 5.11 Å². The van der Waals surface area contributed by atoms with Crippen LogP contribution in [-0.4, -0.2) is 34.8 Å². The van der Waals surface area contributed by atoms with Gasteiger partial charge in [0.2, 0.25) is 5.95 Å². The molecule has 94 valence electrons. The fourth-order valence-corrected chi connectivity index (χ4v) is 1.57. The summed E-state index contributed by atoms with van der Waals surface area (Å²) in [6.07, 6.45) is 3.10. The lowest BCUT2D eigenvalue weighted by Crippen LogP contribution is -2.20. The number of anilines is 2. The van der Waals surface area contributed by atoms with Crippen LogP contribution in [0.5, 0.6) is 0 Å². The fourth-order valence-electron chi connectivity index (χ4n) is 1.57. The Kier molecular flexibility index (Phi) is 3.42. The van der Waals surface area contributed by atoms with Crippen molar-refractivity contribution in [3.8, 4) is 0 Å². The summed E-state index contributed by atoms with van der Waals surface area (Å²) in [7, 11) is 0. The van der Waals surface area contributed by atoms with Gasteiger partial charge in [0, 0.05) is 18.5 Å². The Balaban J connectivity index is 2.01. The first kappa shape index (κ1) is 12.0. The molecule has 0 amide bonds. The number of aromatic nitrogens is 2. The van der Waals surface area contributed by atoms with E-state index < -0.39 is 5.82 Å². The summed E-state index contributed by atoms with van der Waals surface area (Å²) in [4.78, 5) is 7.86. The Morgan fingerprint density at radius 1 is 1.47 bits per heavy atom. The van der Waals surface area contributed by atoms with Gasteiger partial charge < -0.3 is 15.7 Å². The molecule has 0 aliphatic heterocycles. The zero-order valence-electron chi connectivity index (χ0n) is 9.83. The van der Waals surface area contributed by atoms with Crippen LogP contribution < -0.4 is 10.6 Å². The van der Waals surface area contributed by atoms with Crippen molar-refractivity contribution in [2.45, 2.75) is 19.8 Å². The molecule has 0 bridgehead atoms. The Hall–Kier alpha value is -1.43. The number of rotatable bonds is 6. The van der Waals surface area contributed by atoms with Crippen molar-refractivity contribution in [1.82, 2.24) is 9.97 Å². The van der Waals surface area contributed by atoms with Crippen molar-refractivity contribution >= 4 is 11.8 Å². The van der Waals surface area contributed by atoms with Crippen molar-refractivity contribution < 1.29 is 9.50 Å². The second-order valence-corrected chi connectivity index (χ2v) is 4.43. The van der Waals surface area contributed by atoms with Crippen molar-refractivity contribution in [3.63, 3.8) is 0 Å². The second kappa shape index (κ2) is 4.83. The van der Waals surface area contributed by atoms with Gasteiger partial charge in [-0.05, 0) is 19.8 Å². The van der Waals surface area contributed by atoms with Gasteiger partial charge in [0.05, 0.1) is 12.8 Å². The summed E-state index contributed by atoms with van der Waals surface area (Å²) >= 11 is 0. The van der Waals surface area contributed by atoms with Gasteiger partial charge in [0.1, 0.15) is 0 Å². The third-order valence-corrected chi connectivity index (χ3v) is 3.00. The van der Waals surface area contributed by atoms with Crippen molar-refractivity contribution in [3.05, 3.63) is 12.0 Å². The van der Waals surface area contributed by atoms with Gasteiger partial charge in [0.25, 0.3) is 0 Å². The number of nitrogens with zero attached hydrogens (tertiary/aromatic N) is 2. The first-order valence-corrected chi connectivity index (χ1v) is 5.80. The van der Waals surface area contributed by atoms with Crippen LogP contribution in [0.2, 0.25) is 0 Å². The highest BCUT2D eigenvalue weighted by molar-refractivity contribution is 5.41. The van der Waals surface area contributed by atoms with Gasteiger partial charge in [-0.15, -0.1) is 0 Å². The summed E-state index contributed by atoms with van der Waals surface area (Å²) in [6, 6.07) is 0. The first-order valence-electron chi connectivity index (χ1n) is 5.80. The average molecular weight is 240 g/mol. The predicted molar refractivity (Wildman–Crippen MR) is 63.4 cm³/mol. The van der Waals surface area contributed by atoms with Crippen molar-refractivity contribution in [2.24, 2.45) is 5.41 Å². The zero-order chi connectivity index (χ0) is 12.3. The average Bonchev–Trinajstić information content (AvgIpc) is 3.11. The van der Waals surface area contributed by atoms with Crippen LogP contribution in [0, 0.1) is 11.2 Å². The minimum atomic E-state index is -0.472. The number of hydrogen-bond donors (Lipinski definition) is 3. The number of nitrogens with one attached hydrogen (secondary N) is 2. The van der Waals surface area contributed by atoms with E-state index in [1.807, 2.05) is 6.92 Å². The minimum Gasteiger partial charge on any atom is -0.396 e. The third kappa shape index (κ3) is 2.82. The molecule has 0 unspecified atom stereocenters. The summed E-state index contributed by atoms with van der Waals surface area (Å²) in [5.74, 6) is 0.126. The lowest BCUT2D eigenvalue weighted by Gasteiger charge is -2.14. The molecular weight excluding hydrogens is 223 g/mol. The summed E-state index contributed by atoms with van der Waals surface area (Å²) in [6.45, 7) is 3.28.